The summed E-state index contributed by atoms with van der Waals surface area (Å²) in [6.45, 7) is 5.92. The van der Waals surface area contributed by atoms with Crippen molar-refractivity contribution >= 4 is 21.4 Å². The van der Waals surface area contributed by atoms with Gasteiger partial charge in [-0.2, -0.15) is 11.3 Å². The molecule has 1 fully saturated rings. The molecule has 0 saturated carbocycles. The normalized spacial score (nSPS) is 23.1. The predicted molar refractivity (Wildman–Crippen MR) is 103 cm³/mol. The van der Waals surface area contributed by atoms with Gasteiger partial charge in [-0.25, -0.2) is 17.8 Å². The molecule has 2 aliphatic rings. The molecule has 0 aliphatic carbocycles. The van der Waals surface area contributed by atoms with E-state index in [2.05, 4.69) is 36.8 Å². The topological polar surface area (TPSA) is 89.3 Å². The fraction of sp³-hybridized carbons (Fsp3) is 0.647. The molecule has 1 unspecified atom stereocenters. The largest absolute Gasteiger partial charge is 0.365 e. The van der Waals surface area contributed by atoms with Gasteiger partial charge in [-0.1, -0.05) is 12.1 Å². The van der Waals surface area contributed by atoms with Crippen molar-refractivity contribution in [1.29, 1.82) is 0 Å². The lowest BCUT2D eigenvalue weighted by Gasteiger charge is -2.34. The van der Waals surface area contributed by atoms with Crippen molar-refractivity contribution in [3.8, 4) is 0 Å². The Labute approximate surface area is 163 Å². The molecule has 8 nitrogen and oxygen atoms in total. The zero-order valence-electron chi connectivity index (χ0n) is 15.4. The average molecular weight is 412 g/mol. The minimum Gasteiger partial charge on any atom is -0.365 e. The van der Waals surface area contributed by atoms with Gasteiger partial charge in [-0.3, -0.25) is 4.90 Å². The monoisotopic (exact) mass is 411 g/mol. The molecule has 10 heteroatoms. The van der Waals surface area contributed by atoms with Gasteiger partial charge in [0.05, 0.1) is 31.1 Å². The van der Waals surface area contributed by atoms with Crippen molar-refractivity contribution in [2.75, 3.05) is 18.8 Å². The molecule has 2 aliphatic heterocycles. The molecule has 2 aromatic rings. The summed E-state index contributed by atoms with van der Waals surface area (Å²) in [6.07, 6.45) is 1.55. The quantitative estimate of drug-likeness (QED) is 0.740. The highest BCUT2D eigenvalue weighted by Gasteiger charge is 2.43. The van der Waals surface area contributed by atoms with Crippen molar-refractivity contribution in [3.63, 3.8) is 0 Å². The number of likely N-dealkylation sites (tertiary alicyclic amines) is 1. The third-order valence-electron chi connectivity index (χ3n) is 5.19. The fourth-order valence-electron chi connectivity index (χ4n) is 3.80. The molecule has 4 heterocycles. The second-order valence-corrected chi connectivity index (χ2v) is 10.1. The van der Waals surface area contributed by atoms with Crippen LogP contribution in [0.15, 0.2) is 16.8 Å². The highest BCUT2D eigenvalue weighted by molar-refractivity contribution is 7.89. The number of nitrogens with one attached hydrogen (secondary N) is 1. The minimum atomic E-state index is -3.26. The summed E-state index contributed by atoms with van der Waals surface area (Å²) >= 11 is 1.72. The Hall–Kier alpha value is -1.33. The Morgan fingerprint density at radius 2 is 2.30 bits per heavy atom. The second-order valence-electron chi connectivity index (χ2n) is 7.34. The molecule has 1 N–H and O–H groups in total. The van der Waals surface area contributed by atoms with Crippen LogP contribution in [0.4, 0.5) is 0 Å². The van der Waals surface area contributed by atoms with Crippen LogP contribution in [0, 0.1) is 0 Å². The summed E-state index contributed by atoms with van der Waals surface area (Å²) in [4.78, 5) is 2.42. The first-order chi connectivity index (χ1) is 13.0. The number of aromatic nitrogens is 3. The summed E-state index contributed by atoms with van der Waals surface area (Å²) in [5, 5.41) is 12.7. The average Bonchev–Trinajstić information content (AvgIpc) is 3.35. The van der Waals surface area contributed by atoms with Crippen molar-refractivity contribution in [2.24, 2.45) is 0 Å². The summed E-state index contributed by atoms with van der Waals surface area (Å²) in [6, 6.07) is 2.17. The van der Waals surface area contributed by atoms with E-state index >= 15 is 0 Å². The number of fused-ring (bicyclic) bond motifs is 1. The van der Waals surface area contributed by atoms with Crippen molar-refractivity contribution in [3.05, 3.63) is 33.8 Å². The maximum Gasteiger partial charge on any atom is 0.211 e. The van der Waals surface area contributed by atoms with Crippen LogP contribution >= 0.6 is 11.3 Å². The van der Waals surface area contributed by atoms with Crippen LogP contribution in [0.25, 0.3) is 0 Å². The summed E-state index contributed by atoms with van der Waals surface area (Å²) in [7, 11) is -3.26. The maximum absolute atomic E-state index is 11.9. The number of sulfonamides is 1. The van der Waals surface area contributed by atoms with E-state index in [0.717, 1.165) is 31.7 Å². The Morgan fingerprint density at radius 1 is 1.41 bits per heavy atom. The van der Waals surface area contributed by atoms with Crippen LogP contribution in [0.1, 0.15) is 36.7 Å². The fourth-order valence-corrected chi connectivity index (χ4v) is 5.50. The molecule has 0 bridgehead atoms. The molecular formula is C17H25N5O3S2. The minimum absolute atomic E-state index is 0.121. The summed E-state index contributed by atoms with van der Waals surface area (Å²) in [5.74, 6) is 0.121. The molecule has 1 saturated heterocycles. The molecule has 27 heavy (non-hydrogen) atoms. The molecule has 148 valence electrons. The lowest BCUT2D eigenvalue weighted by atomic mass is 10.0. The van der Waals surface area contributed by atoms with Gasteiger partial charge in [-0.05, 0) is 35.2 Å². The number of ether oxygens (including phenoxy) is 1. The lowest BCUT2D eigenvalue weighted by molar-refractivity contribution is -0.0844. The van der Waals surface area contributed by atoms with E-state index in [1.165, 1.54) is 5.56 Å². The smallest absolute Gasteiger partial charge is 0.211 e. The number of thiophene rings is 1. The van der Waals surface area contributed by atoms with Crippen LogP contribution < -0.4 is 4.72 Å². The second kappa shape index (κ2) is 7.59. The molecule has 1 atom stereocenters. The predicted octanol–water partition coefficient (Wildman–Crippen LogP) is 1.34. The first kappa shape index (κ1) is 19.0. The van der Waals surface area contributed by atoms with Gasteiger partial charge < -0.3 is 4.74 Å². The SMILES string of the molecule is CCCS(=O)(=O)NCc1nnn2c1COC1(CCN(Cc3ccsc3)C1)C2. The maximum atomic E-state index is 11.9. The number of hydrogen-bond donors (Lipinski definition) is 1. The van der Waals surface area contributed by atoms with Gasteiger partial charge in [0.15, 0.2) is 0 Å². The Morgan fingerprint density at radius 3 is 3.07 bits per heavy atom. The van der Waals surface area contributed by atoms with Crippen molar-refractivity contribution < 1.29 is 13.2 Å². The van der Waals surface area contributed by atoms with Crippen LogP contribution in [-0.4, -0.2) is 52.8 Å². The zero-order chi connectivity index (χ0) is 18.9. The van der Waals surface area contributed by atoms with Gasteiger partial charge in [0.1, 0.15) is 11.3 Å². The van der Waals surface area contributed by atoms with E-state index in [0.29, 0.717) is 25.3 Å². The standard InChI is InChI=1S/C17H25N5O3S2/c1-2-7-27(23,24)18-8-15-16-10-25-17(13-22(16)20-19-15)4-5-21(12-17)9-14-3-6-26-11-14/h3,6,11,18H,2,4-5,7-10,12-13H2,1H3. The van der Waals surface area contributed by atoms with Gasteiger partial charge in [0.2, 0.25) is 10.0 Å². The molecule has 0 radical (unpaired) electrons. The van der Waals surface area contributed by atoms with Gasteiger partial charge in [0.25, 0.3) is 0 Å². The highest BCUT2D eigenvalue weighted by atomic mass is 32.2. The number of hydrogen-bond acceptors (Lipinski definition) is 7. The van der Waals surface area contributed by atoms with Crippen LogP contribution in [-0.2, 0) is 41.0 Å². The van der Waals surface area contributed by atoms with Crippen LogP contribution in [0.2, 0.25) is 0 Å². The lowest BCUT2D eigenvalue weighted by Crippen LogP contribution is -2.44. The number of nitrogens with zero attached hydrogens (tertiary/aromatic N) is 4. The van der Waals surface area contributed by atoms with E-state index in [1.54, 1.807) is 11.3 Å². The molecule has 2 aromatic heterocycles. The molecule has 0 aromatic carbocycles. The Kier molecular flexibility index (Phi) is 5.34. The van der Waals surface area contributed by atoms with Crippen LogP contribution in [0.3, 0.4) is 0 Å². The van der Waals surface area contributed by atoms with Crippen molar-refractivity contribution in [1.82, 2.24) is 24.6 Å². The molecule has 0 amide bonds. The molecular weight excluding hydrogens is 386 g/mol. The van der Waals surface area contributed by atoms with Gasteiger partial charge in [0, 0.05) is 19.6 Å². The van der Waals surface area contributed by atoms with E-state index in [-0.39, 0.29) is 17.9 Å². The van der Waals surface area contributed by atoms with Crippen molar-refractivity contribution in [2.45, 2.75) is 51.6 Å². The van der Waals surface area contributed by atoms with Crippen LogP contribution in [0.5, 0.6) is 0 Å². The first-order valence-corrected chi connectivity index (χ1v) is 11.8. The Balaban J connectivity index is 1.39. The van der Waals surface area contributed by atoms with Gasteiger partial charge >= 0.3 is 0 Å². The first-order valence-electron chi connectivity index (χ1n) is 9.25. The third-order valence-corrected chi connectivity index (χ3v) is 7.45. The van der Waals surface area contributed by atoms with E-state index in [9.17, 15) is 8.42 Å². The highest BCUT2D eigenvalue weighted by Crippen LogP contribution is 2.33. The summed E-state index contributed by atoms with van der Waals surface area (Å²) < 4.78 is 34.5. The van der Waals surface area contributed by atoms with E-state index in [4.69, 9.17) is 4.74 Å². The molecule has 1 spiro atoms. The number of rotatable bonds is 7. The molecule has 4 rings (SSSR count). The van der Waals surface area contributed by atoms with E-state index in [1.807, 2.05) is 11.6 Å². The van der Waals surface area contributed by atoms with E-state index < -0.39 is 10.0 Å². The van der Waals surface area contributed by atoms with Gasteiger partial charge in [-0.15, -0.1) is 5.10 Å². The summed E-state index contributed by atoms with van der Waals surface area (Å²) in [5.41, 5.74) is 2.64. The zero-order valence-corrected chi connectivity index (χ0v) is 17.1. The third kappa shape index (κ3) is 4.24. The Bertz CT molecular complexity index is 881.